The minimum atomic E-state index is -0.132. The number of rotatable bonds is 5. The number of benzene rings is 9. The SMILES string of the molecule is CC(C)(C)c1ccc(N(c2ccc3c(c2)oc2cc4ccccc4cc23)c2ccc3ccccc3c2-c2cccc3c2-c2ccccc2C3(C)C)c(-c2ccccc2)c1. The van der Waals surface area contributed by atoms with E-state index in [0.717, 1.165) is 39.0 Å². The van der Waals surface area contributed by atoms with Gasteiger partial charge in [-0.05, 0) is 108 Å². The van der Waals surface area contributed by atoms with Crippen molar-refractivity contribution >= 4 is 60.5 Å². The first-order valence-electron chi connectivity index (χ1n) is 20.8. The summed E-state index contributed by atoms with van der Waals surface area (Å²) >= 11 is 0. The first-order chi connectivity index (χ1) is 28.6. The first-order valence-corrected chi connectivity index (χ1v) is 20.8. The molecule has 9 aromatic carbocycles. The molecule has 0 unspecified atom stereocenters. The topological polar surface area (TPSA) is 16.4 Å². The fourth-order valence-electron chi connectivity index (χ4n) is 9.74. The molecule has 2 nitrogen and oxygen atoms in total. The lowest BCUT2D eigenvalue weighted by Gasteiger charge is -2.32. The summed E-state index contributed by atoms with van der Waals surface area (Å²) in [6.07, 6.45) is 0. The lowest BCUT2D eigenvalue weighted by molar-refractivity contribution is 0.590. The normalized spacial score (nSPS) is 13.3. The molecule has 1 aliphatic rings. The van der Waals surface area contributed by atoms with Crippen LogP contribution in [0.3, 0.4) is 0 Å². The van der Waals surface area contributed by atoms with Crippen LogP contribution in [0.15, 0.2) is 186 Å². The molecule has 1 aliphatic carbocycles. The Morgan fingerprint density at radius 1 is 0.441 bits per heavy atom. The quantitative estimate of drug-likeness (QED) is 0.174. The second-order valence-corrected chi connectivity index (χ2v) is 17.7. The minimum Gasteiger partial charge on any atom is -0.456 e. The molecule has 1 heterocycles. The van der Waals surface area contributed by atoms with Crippen LogP contribution in [0.4, 0.5) is 17.1 Å². The van der Waals surface area contributed by atoms with Gasteiger partial charge >= 0.3 is 0 Å². The number of nitrogens with zero attached hydrogens (tertiary/aromatic N) is 1. The lowest BCUT2D eigenvalue weighted by Crippen LogP contribution is -2.16. The molecule has 10 aromatic rings. The fraction of sp³-hybridized carbons (Fsp3) is 0.123. The molecule has 0 amide bonds. The molecule has 0 fully saturated rings. The number of anilines is 3. The zero-order chi connectivity index (χ0) is 40.0. The Balaban J connectivity index is 1.25. The van der Waals surface area contributed by atoms with Gasteiger partial charge in [-0.3, -0.25) is 0 Å². The maximum absolute atomic E-state index is 6.78. The van der Waals surface area contributed by atoms with Crippen LogP contribution in [0.2, 0.25) is 0 Å². The van der Waals surface area contributed by atoms with Gasteiger partial charge in [-0.2, -0.15) is 0 Å². The average molecular weight is 760 g/mol. The Morgan fingerprint density at radius 3 is 1.92 bits per heavy atom. The summed E-state index contributed by atoms with van der Waals surface area (Å²) in [4.78, 5) is 2.49. The van der Waals surface area contributed by atoms with Crippen molar-refractivity contribution in [3.8, 4) is 33.4 Å². The van der Waals surface area contributed by atoms with E-state index < -0.39 is 0 Å². The van der Waals surface area contributed by atoms with Crippen molar-refractivity contribution in [1.29, 1.82) is 0 Å². The largest absolute Gasteiger partial charge is 0.456 e. The monoisotopic (exact) mass is 759 g/mol. The minimum absolute atomic E-state index is 0.0392. The Hall–Kier alpha value is -6.90. The van der Waals surface area contributed by atoms with Gasteiger partial charge in [0.05, 0.1) is 11.4 Å². The molecular formula is C57H45NO. The van der Waals surface area contributed by atoms with Gasteiger partial charge in [-0.15, -0.1) is 0 Å². The van der Waals surface area contributed by atoms with Crippen LogP contribution in [0.5, 0.6) is 0 Å². The summed E-state index contributed by atoms with van der Waals surface area (Å²) < 4.78 is 6.78. The number of hydrogen-bond acceptors (Lipinski definition) is 2. The molecule has 0 bridgehead atoms. The standard InChI is InChI=1S/C57H45NO/c1-56(2,3)40-27-31-50(46(34-40)36-16-7-6-8-17-36)58(41-28-29-43-47-32-38-19-9-10-20-39(38)33-52(47)59-53(43)35-41)51-30-26-37-18-11-12-21-42(37)55(51)45-23-15-25-49-54(45)44-22-13-14-24-48(44)57(49,4)5/h6-35H,1-5H3. The van der Waals surface area contributed by atoms with Crippen molar-refractivity contribution in [3.63, 3.8) is 0 Å². The summed E-state index contributed by atoms with van der Waals surface area (Å²) in [6.45, 7) is 11.6. The smallest absolute Gasteiger partial charge is 0.137 e. The zero-order valence-corrected chi connectivity index (χ0v) is 34.2. The van der Waals surface area contributed by atoms with Crippen LogP contribution in [0.25, 0.3) is 76.9 Å². The van der Waals surface area contributed by atoms with E-state index in [1.54, 1.807) is 0 Å². The van der Waals surface area contributed by atoms with Gasteiger partial charge in [-0.1, -0.05) is 168 Å². The van der Waals surface area contributed by atoms with Crippen LogP contribution in [0, 0.1) is 0 Å². The maximum Gasteiger partial charge on any atom is 0.137 e. The second kappa shape index (κ2) is 13.1. The molecule has 0 spiro atoms. The van der Waals surface area contributed by atoms with Gasteiger partial charge in [0.25, 0.3) is 0 Å². The van der Waals surface area contributed by atoms with Gasteiger partial charge in [0.1, 0.15) is 11.2 Å². The van der Waals surface area contributed by atoms with Crippen molar-refractivity contribution in [2.75, 3.05) is 4.90 Å². The maximum atomic E-state index is 6.78. The fourth-order valence-corrected chi connectivity index (χ4v) is 9.74. The van der Waals surface area contributed by atoms with E-state index in [2.05, 4.69) is 222 Å². The highest BCUT2D eigenvalue weighted by molar-refractivity contribution is 6.13. The van der Waals surface area contributed by atoms with Crippen LogP contribution in [0.1, 0.15) is 51.3 Å². The van der Waals surface area contributed by atoms with Crippen LogP contribution < -0.4 is 4.90 Å². The van der Waals surface area contributed by atoms with E-state index in [1.807, 2.05) is 0 Å². The summed E-state index contributed by atoms with van der Waals surface area (Å²) in [7, 11) is 0. The van der Waals surface area contributed by atoms with Crippen molar-refractivity contribution < 1.29 is 4.42 Å². The highest BCUT2D eigenvalue weighted by Gasteiger charge is 2.37. The van der Waals surface area contributed by atoms with E-state index in [-0.39, 0.29) is 10.8 Å². The van der Waals surface area contributed by atoms with E-state index in [4.69, 9.17) is 4.42 Å². The zero-order valence-electron chi connectivity index (χ0n) is 34.2. The summed E-state index contributed by atoms with van der Waals surface area (Å²) in [5.74, 6) is 0. The van der Waals surface area contributed by atoms with Crippen molar-refractivity contribution in [3.05, 3.63) is 199 Å². The van der Waals surface area contributed by atoms with E-state index >= 15 is 0 Å². The predicted molar refractivity (Wildman–Crippen MR) is 251 cm³/mol. The van der Waals surface area contributed by atoms with Crippen LogP contribution in [-0.2, 0) is 10.8 Å². The third-order valence-corrected chi connectivity index (χ3v) is 12.8. The van der Waals surface area contributed by atoms with Gasteiger partial charge in [-0.25, -0.2) is 0 Å². The molecule has 0 radical (unpaired) electrons. The van der Waals surface area contributed by atoms with Crippen molar-refractivity contribution in [2.45, 2.75) is 45.4 Å². The van der Waals surface area contributed by atoms with Gasteiger partial charge in [0.15, 0.2) is 0 Å². The number of furan rings is 1. The van der Waals surface area contributed by atoms with Crippen LogP contribution in [-0.4, -0.2) is 0 Å². The molecule has 59 heavy (non-hydrogen) atoms. The van der Waals surface area contributed by atoms with Crippen molar-refractivity contribution in [2.24, 2.45) is 0 Å². The number of hydrogen-bond donors (Lipinski definition) is 0. The van der Waals surface area contributed by atoms with Crippen molar-refractivity contribution in [1.82, 2.24) is 0 Å². The molecule has 0 saturated heterocycles. The molecule has 0 aliphatic heterocycles. The van der Waals surface area contributed by atoms with Crippen LogP contribution >= 0.6 is 0 Å². The second-order valence-electron chi connectivity index (χ2n) is 17.7. The molecule has 284 valence electrons. The van der Waals surface area contributed by atoms with E-state index in [9.17, 15) is 0 Å². The molecule has 0 N–H and O–H groups in total. The average Bonchev–Trinajstić information content (AvgIpc) is 3.73. The molecule has 0 saturated carbocycles. The first kappa shape index (κ1) is 35.3. The van der Waals surface area contributed by atoms with Gasteiger partial charge in [0.2, 0.25) is 0 Å². The highest BCUT2D eigenvalue weighted by atomic mass is 16.3. The van der Waals surface area contributed by atoms with E-state index in [0.29, 0.717) is 0 Å². The molecule has 2 heteroatoms. The molecule has 11 rings (SSSR count). The molecule has 1 aromatic heterocycles. The number of fused-ring (bicyclic) bond motifs is 8. The lowest BCUT2D eigenvalue weighted by atomic mass is 9.81. The van der Waals surface area contributed by atoms with Gasteiger partial charge in [0, 0.05) is 39.1 Å². The molecular weight excluding hydrogens is 715 g/mol. The summed E-state index contributed by atoms with van der Waals surface area (Å²) in [6, 6.07) is 67.1. The Bertz CT molecular complexity index is 3290. The third kappa shape index (κ3) is 5.54. The molecule has 0 atom stereocenters. The Morgan fingerprint density at radius 2 is 1.10 bits per heavy atom. The van der Waals surface area contributed by atoms with E-state index in [1.165, 1.54) is 71.6 Å². The summed E-state index contributed by atoms with van der Waals surface area (Å²) in [5.41, 5.74) is 16.3. The summed E-state index contributed by atoms with van der Waals surface area (Å²) in [5, 5.41) is 7.05. The predicted octanol–water partition coefficient (Wildman–Crippen LogP) is 16.3. The Kier molecular flexibility index (Phi) is 7.81. The van der Waals surface area contributed by atoms with Gasteiger partial charge < -0.3 is 9.32 Å². The third-order valence-electron chi connectivity index (χ3n) is 12.8. The Labute approximate surface area is 346 Å². The highest BCUT2D eigenvalue weighted by Crippen LogP contribution is 2.56.